The standard InChI is InChI=1S/C13H18N2O2/c1-8(2)12-13(16)15(3)11-6-5-9(17-4)7-10(11)14-12/h5-8,12,14H,1-4H3. The van der Waals surface area contributed by atoms with Crippen molar-refractivity contribution in [2.45, 2.75) is 19.9 Å². The Balaban J connectivity index is 2.42. The number of nitrogens with zero attached hydrogens (tertiary/aromatic N) is 1. The molecular formula is C13H18N2O2. The van der Waals surface area contributed by atoms with E-state index in [9.17, 15) is 4.79 Å². The second-order valence-electron chi connectivity index (χ2n) is 4.65. The third kappa shape index (κ3) is 1.95. The normalized spacial score (nSPS) is 19.0. The lowest BCUT2D eigenvalue weighted by molar-refractivity contribution is -0.120. The first kappa shape index (κ1) is 11.8. The number of anilines is 2. The van der Waals surface area contributed by atoms with Gasteiger partial charge in [0, 0.05) is 13.1 Å². The molecule has 1 aromatic carbocycles. The quantitative estimate of drug-likeness (QED) is 0.852. The molecule has 1 atom stereocenters. The largest absolute Gasteiger partial charge is 0.497 e. The third-order valence-corrected chi connectivity index (χ3v) is 3.14. The Morgan fingerprint density at radius 1 is 1.41 bits per heavy atom. The van der Waals surface area contributed by atoms with Gasteiger partial charge in [-0.05, 0) is 18.1 Å². The molecule has 0 aliphatic carbocycles. The number of methoxy groups -OCH3 is 1. The van der Waals surface area contributed by atoms with E-state index in [0.29, 0.717) is 0 Å². The fourth-order valence-corrected chi connectivity index (χ4v) is 2.06. The molecule has 1 aliphatic rings. The summed E-state index contributed by atoms with van der Waals surface area (Å²) in [6.45, 7) is 4.07. The lowest BCUT2D eigenvalue weighted by Crippen LogP contribution is -2.47. The van der Waals surface area contributed by atoms with Crippen LogP contribution in [0.15, 0.2) is 18.2 Å². The Hall–Kier alpha value is -1.71. The summed E-state index contributed by atoms with van der Waals surface area (Å²) in [5, 5.41) is 3.28. The first-order chi connectivity index (χ1) is 8.04. The highest BCUT2D eigenvalue weighted by Gasteiger charge is 2.32. The second-order valence-corrected chi connectivity index (χ2v) is 4.65. The van der Waals surface area contributed by atoms with Gasteiger partial charge in [0.15, 0.2) is 0 Å². The molecule has 0 fully saturated rings. The molecular weight excluding hydrogens is 216 g/mol. The topological polar surface area (TPSA) is 41.6 Å². The van der Waals surface area contributed by atoms with Gasteiger partial charge in [0.2, 0.25) is 5.91 Å². The molecule has 0 radical (unpaired) electrons. The van der Waals surface area contributed by atoms with Crippen LogP contribution < -0.4 is 15.0 Å². The number of fused-ring (bicyclic) bond motifs is 1. The fourth-order valence-electron chi connectivity index (χ4n) is 2.06. The van der Waals surface area contributed by atoms with E-state index in [1.165, 1.54) is 0 Å². The molecule has 1 heterocycles. The Labute approximate surface area is 102 Å². The fraction of sp³-hybridized carbons (Fsp3) is 0.462. The van der Waals surface area contributed by atoms with Gasteiger partial charge in [-0.1, -0.05) is 13.8 Å². The summed E-state index contributed by atoms with van der Waals surface area (Å²) in [4.78, 5) is 13.8. The molecule has 0 saturated heterocycles. The molecule has 92 valence electrons. The lowest BCUT2D eigenvalue weighted by Gasteiger charge is -2.35. The summed E-state index contributed by atoms with van der Waals surface area (Å²) >= 11 is 0. The number of rotatable bonds is 2. The van der Waals surface area contributed by atoms with E-state index in [1.807, 2.05) is 39.1 Å². The van der Waals surface area contributed by atoms with E-state index >= 15 is 0 Å². The lowest BCUT2D eigenvalue weighted by atomic mass is 9.99. The highest BCUT2D eigenvalue weighted by Crippen LogP contribution is 2.34. The van der Waals surface area contributed by atoms with E-state index in [4.69, 9.17) is 4.74 Å². The van der Waals surface area contributed by atoms with Crippen molar-refractivity contribution in [3.8, 4) is 5.75 Å². The maximum atomic E-state index is 12.1. The molecule has 1 N–H and O–H groups in total. The maximum Gasteiger partial charge on any atom is 0.249 e. The van der Waals surface area contributed by atoms with Crippen LogP contribution in [0.2, 0.25) is 0 Å². The zero-order valence-corrected chi connectivity index (χ0v) is 10.7. The Kier molecular flexibility index (Phi) is 2.96. The summed E-state index contributed by atoms with van der Waals surface area (Å²) in [6.07, 6.45) is 0. The molecule has 1 amide bonds. The Bertz CT molecular complexity index is 443. The summed E-state index contributed by atoms with van der Waals surface area (Å²) < 4.78 is 5.19. The average Bonchev–Trinajstić information content (AvgIpc) is 2.32. The van der Waals surface area contributed by atoms with Crippen molar-refractivity contribution >= 4 is 17.3 Å². The molecule has 1 aliphatic heterocycles. The van der Waals surface area contributed by atoms with Gasteiger partial charge in [0.1, 0.15) is 11.8 Å². The zero-order chi connectivity index (χ0) is 12.6. The number of likely N-dealkylation sites (N-methyl/N-ethyl adjacent to an activating group) is 1. The van der Waals surface area contributed by atoms with Crippen molar-refractivity contribution in [2.24, 2.45) is 5.92 Å². The van der Waals surface area contributed by atoms with Crippen molar-refractivity contribution in [3.63, 3.8) is 0 Å². The van der Waals surface area contributed by atoms with Crippen molar-refractivity contribution in [3.05, 3.63) is 18.2 Å². The number of carbonyl (C=O) groups is 1. The van der Waals surface area contributed by atoms with Crippen molar-refractivity contribution in [1.29, 1.82) is 0 Å². The van der Waals surface area contributed by atoms with E-state index in [1.54, 1.807) is 12.0 Å². The van der Waals surface area contributed by atoms with E-state index < -0.39 is 0 Å². The molecule has 0 saturated carbocycles. The monoisotopic (exact) mass is 234 g/mol. The molecule has 4 heteroatoms. The molecule has 1 unspecified atom stereocenters. The van der Waals surface area contributed by atoms with E-state index in [0.717, 1.165) is 17.1 Å². The predicted octanol–water partition coefficient (Wildman–Crippen LogP) is 2.11. The number of hydrogen-bond acceptors (Lipinski definition) is 3. The molecule has 0 aromatic heterocycles. The SMILES string of the molecule is COc1ccc2c(c1)NC(C(C)C)C(=O)N2C. The minimum absolute atomic E-state index is 0.109. The van der Waals surface area contributed by atoms with Crippen LogP contribution >= 0.6 is 0 Å². The first-order valence-corrected chi connectivity index (χ1v) is 5.76. The predicted molar refractivity (Wildman–Crippen MR) is 68.7 cm³/mol. The van der Waals surface area contributed by atoms with Gasteiger partial charge in [-0.15, -0.1) is 0 Å². The van der Waals surface area contributed by atoms with Gasteiger partial charge >= 0.3 is 0 Å². The summed E-state index contributed by atoms with van der Waals surface area (Å²) in [6, 6.07) is 5.52. The highest BCUT2D eigenvalue weighted by atomic mass is 16.5. The van der Waals surface area contributed by atoms with Crippen LogP contribution in [-0.4, -0.2) is 26.1 Å². The number of hydrogen-bond donors (Lipinski definition) is 1. The Morgan fingerprint density at radius 2 is 2.12 bits per heavy atom. The minimum Gasteiger partial charge on any atom is -0.497 e. The van der Waals surface area contributed by atoms with Crippen LogP contribution in [-0.2, 0) is 4.79 Å². The van der Waals surface area contributed by atoms with Crippen molar-refractivity contribution in [2.75, 3.05) is 24.4 Å². The highest BCUT2D eigenvalue weighted by molar-refractivity contribution is 6.04. The summed E-state index contributed by atoms with van der Waals surface area (Å²) in [5.74, 6) is 1.16. The first-order valence-electron chi connectivity index (χ1n) is 5.76. The number of carbonyl (C=O) groups excluding carboxylic acids is 1. The second kappa shape index (κ2) is 4.28. The minimum atomic E-state index is -0.167. The zero-order valence-electron chi connectivity index (χ0n) is 10.7. The number of amides is 1. The van der Waals surface area contributed by atoms with Crippen molar-refractivity contribution in [1.82, 2.24) is 0 Å². The van der Waals surface area contributed by atoms with Gasteiger partial charge in [-0.25, -0.2) is 0 Å². The van der Waals surface area contributed by atoms with Gasteiger partial charge in [-0.2, -0.15) is 0 Å². The smallest absolute Gasteiger partial charge is 0.249 e. The summed E-state index contributed by atoms with van der Waals surface area (Å²) in [7, 11) is 3.45. The molecule has 1 aromatic rings. The molecule has 0 bridgehead atoms. The van der Waals surface area contributed by atoms with Crippen LogP contribution in [0.5, 0.6) is 5.75 Å². The number of nitrogens with one attached hydrogen (secondary N) is 1. The van der Waals surface area contributed by atoms with Crippen LogP contribution in [0.4, 0.5) is 11.4 Å². The molecule has 17 heavy (non-hydrogen) atoms. The van der Waals surface area contributed by atoms with E-state index in [2.05, 4.69) is 5.32 Å². The van der Waals surface area contributed by atoms with Crippen LogP contribution in [0.3, 0.4) is 0 Å². The van der Waals surface area contributed by atoms with Crippen LogP contribution in [0.25, 0.3) is 0 Å². The van der Waals surface area contributed by atoms with Crippen molar-refractivity contribution < 1.29 is 9.53 Å². The van der Waals surface area contributed by atoms with Crippen LogP contribution in [0.1, 0.15) is 13.8 Å². The van der Waals surface area contributed by atoms with Gasteiger partial charge in [-0.3, -0.25) is 4.79 Å². The van der Waals surface area contributed by atoms with Crippen LogP contribution in [0, 0.1) is 5.92 Å². The maximum absolute atomic E-state index is 12.1. The van der Waals surface area contributed by atoms with E-state index in [-0.39, 0.29) is 17.9 Å². The summed E-state index contributed by atoms with van der Waals surface area (Å²) in [5.41, 5.74) is 1.85. The Morgan fingerprint density at radius 3 is 2.71 bits per heavy atom. The van der Waals surface area contributed by atoms with Gasteiger partial charge in [0.25, 0.3) is 0 Å². The van der Waals surface area contributed by atoms with Gasteiger partial charge in [0.05, 0.1) is 18.5 Å². The molecule has 4 nitrogen and oxygen atoms in total. The average molecular weight is 234 g/mol. The van der Waals surface area contributed by atoms with Gasteiger partial charge < -0.3 is 15.0 Å². The number of ether oxygens (including phenoxy) is 1. The molecule has 0 spiro atoms. The molecule has 2 rings (SSSR count). The third-order valence-electron chi connectivity index (χ3n) is 3.14. The number of benzene rings is 1.